The van der Waals surface area contributed by atoms with Crippen LogP contribution in [0.15, 0.2) is 61.2 Å². The van der Waals surface area contributed by atoms with E-state index in [1.54, 1.807) is 43.3 Å². The highest BCUT2D eigenvalue weighted by Crippen LogP contribution is 2.52. The average Bonchev–Trinajstić information content (AvgIpc) is 2.76. The van der Waals surface area contributed by atoms with Gasteiger partial charge in [-0.3, -0.25) is 4.72 Å². The quantitative estimate of drug-likeness (QED) is 0.459. The molecule has 0 spiro atoms. The standard InChI is InChI=1S/C25H22F3NO4S/c1-14(2)21-18(29-34(4,30)31)12-11-17-22-19(32-3)9-6-10-20(22)33-24(23(17)21)15-7-5-8-16(13-15)25(26,27)28/h5-13,24,29H,1H2,2-4H3. The zero-order valence-corrected chi connectivity index (χ0v) is 19.5. The first-order chi connectivity index (χ1) is 15.9. The van der Waals surface area contributed by atoms with Gasteiger partial charge in [0.2, 0.25) is 10.0 Å². The largest absolute Gasteiger partial charge is 0.496 e. The first kappa shape index (κ1) is 23.7. The predicted octanol–water partition coefficient (Wildman–Crippen LogP) is 6.27. The van der Waals surface area contributed by atoms with E-state index in [1.807, 2.05) is 0 Å². The molecule has 1 heterocycles. The fourth-order valence-corrected chi connectivity index (χ4v) is 4.77. The van der Waals surface area contributed by atoms with E-state index in [9.17, 15) is 21.6 Å². The third-order valence-corrected chi connectivity index (χ3v) is 6.06. The monoisotopic (exact) mass is 489 g/mol. The van der Waals surface area contributed by atoms with E-state index in [4.69, 9.17) is 9.47 Å². The van der Waals surface area contributed by atoms with Gasteiger partial charge in [-0.15, -0.1) is 0 Å². The predicted molar refractivity (Wildman–Crippen MR) is 126 cm³/mol. The number of sulfonamides is 1. The summed E-state index contributed by atoms with van der Waals surface area (Å²) < 4.78 is 78.8. The summed E-state index contributed by atoms with van der Waals surface area (Å²) in [7, 11) is -2.14. The van der Waals surface area contributed by atoms with Crippen molar-refractivity contribution in [2.75, 3.05) is 18.1 Å². The van der Waals surface area contributed by atoms with Crippen LogP contribution in [-0.2, 0) is 16.2 Å². The number of halogens is 3. The van der Waals surface area contributed by atoms with E-state index >= 15 is 0 Å². The first-order valence-corrected chi connectivity index (χ1v) is 12.1. The van der Waals surface area contributed by atoms with Gasteiger partial charge in [0.25, 0.3) is 0 Å². The summed E-state index contributed by atoms with van der Waals surface area (Å²) in [6.45, 7) is 5.70. The summed E-state index contributed by atoms with van der Waals surface area (Å²) in [5.41, 5.74) is 2.45. The number of fused-ring (bicyclic) bond motifs is 3. The van der Waals surface area contributed by atoms with Gasteiger partial charge < -0.3 is 9.47 Å². The third kappa shape index (κ3) is 4.35. The molecule has 0 saturated carbocycles. The maximum Gasteiger partial charge on any atom is 0.416 e. The Hall–Kier alpha value is -3.46. The van der Waals surface area contributed by atoms with Gasteiger partial charge in [-0.25, -0.2) is 8.42 Å². The van der Waals surface area contributed by atoms with E-state index in [0.717, 1.165) is 18.4 Å². The number of allylic oxidation sites excluding steroid dienone is 1. The van der Waals surface area contributed by atoms with Crippen molar-refractivity contribution >= 4 is 21.3 Å². The van der Waals surface area contributed by atoms with Gasteiger partial charge >= 0.3 is 6.18 Å². The summed E-state index contributed by atoms with van der Waals surface area (Å²) >= 11 is 0. The van der Waals surface area contributed by atoms with E-state index in [2.05, 4.69) is 11.3 Å². The molecule has 34 heavy (non-hydrogen) atoms. The Morgan fingerprint density at radius 2 is 1.82 bits per heavy atom. The molecule has 0 bridgehead atoms. The molecule has 5 nitrogen and oxygen atoms in total. The summed E-state index contributed by atoms with van der Waals surface area (Å²) in [5, 5.41) is 0. The zero-order valence-electron chi connectivity index (χ0n) is 18.7. The molecular weight excluding hydrogens is 467 g/mol. The lowest BCUT2D eigenvalue weighted by atomic mass is 9.83. The highest BCUT2D eigenvalue weighted by atomic mass is 32.2. The van der Waals surface area contributed by atoms with Crippen LogP contribution in [0.4, 0.5) is 18.9 Å². The van der Waals surface area contributed by atoms with E-state index in [1.165, 1.54) is 13.2 Å². The number of ether oxygens (including phenoxy) is 2. The Balaban J connectivity index is 2.06. The van der Waals surface area contributed by atoms with Crippen molar-refractivity contribution in [1.29, 1.82) is 0 Å². The number of alkyl halides is 3. The molecule has 9 heteroatoms. The number of nitrogens with one attached hydrogen (secondary N) is 1. The lowest BCUT2D eigenvalue weighted by Gasteiger charge is -2.33. The zero-order chi connectivity index (χ0) is 24.8. The normalized spacial score (nSPS) is 15.1. The van der Waals surface area contributed by atoms with Gasteiger partial charge in [0.05, 0.1) is 30.2 Å². The summed E-state index contributed by atoms with van der Waals surface area (Å²) in [4.78, 5) is 0. The van der Waals surface area contributed by atoms with Crippen molar-refractivity contribution in [3.8, 4) is 22.6 Å². The van der Waals surface area contributed by atoms with Gasteiger partial charge in [0.1, 0.15) is 11.5 Å². The maximum atomic E-state index is 13.5. The highest BCUT2D eigenvalue weighted by molar-refractivity contribution is 7.92. The minimum absolute atomic E-state index is 0.257. The Morgan fingerprint density at radius 3 is 2.44 bits per heavy atom. The maximum absolute atomic E-state index is 13.5. The van der Waals surface area contributed by atoms with Crippen LogP contribution in [0.5, 0.6) is 11.5 Å². The topological polar surface area (TPSA) is 64.6 Å². The molecule has 3 aromatic carbocycles. The summed E-state index contributed by atoms with van der Waals surface area (Å²) in [6, 6.07) is 13.4. The van der Waals surface area contributed by atoms with Crippen LogP contribution >= 0.6 is 0 Å². The van der Waals surface area contributed by atoms with Gasteiger partial charge in [-0.2, -0.15) is 13.2 Å². The van der Waals surface area contributed by atoms with Crippen LogP contribution < -0.4 is 14.2 Å². The van der Waals surface area contributed by atoms with Crippen LogP contribution in [0.3, 0.4) is 0 Å². The van der Waals surface area contributed by atoms with Gasteiger partial charge in [-0.05, 0) is 54.0 Å². The highest BCUT2D eigenvalue weighted by Gasteiger charge is 2.36. The van der Waals surface area contributed by atoms with Crippen molar-refractivity contribution < 1.29 is 31.1 Å². The minimum Gasteiger partial charge on any atom is -0.496 e. The molecule has 178 valence electrons. The lowest BCUT2D eigenvalue weighted by molar-refractivity contribution is -0.137. The molecular formula is C25H22F3NO4S. The molecule has 0 aromatic heterocycles. The number of anilines is 1. The van der Waals surface area contributed by atoms with E-state index < -0.39 is 27.9 Å². The number of rotatable bonds is 5. The van der Waals surface area contributed by atoms with Crippen LogP contribution in [0.1, 0.15) is 35.3 Å². The molecule has 1 aliphatic heterocycles. The molecule has 1 N–H and O–H groups in total. The first-order valence-electron chi connectivity index (χ1n) is 10.2. The molecule has 1 aliphatic rings. The SMILES string of the molecule is C=C(C)c1c(NS(C)(=O)=O)ccc2c1C(c1cccc(C(F)(F)F)c1)Oc1cccc(OC)c1-2. The Kier molecular flexibility index (Phi) is 5.85. The number of benzene rings is 3. The smallest absolute Gasteiger partial charge is 0.416 e. The van der Waals surface area contributed by atoms with Crippen molar-refractivity contribution in [3.63, 3.8) is 0 Å². The number of hydrogen-bond acceptors (Lipinski definition) is 4. The minimum atomic E-state index is -4.54. The van der Waals surface area contributed by atoms with Crippen molar-refractivity contribution in [2.45, 2.75) is 19.2 Å². The molecule has 0 fully saturated rings. The van der Waals surface area contributed by atoms with Crippen molar-refractivity contribution in [2.24, 2.45) is 0 Å². The average molecular weight is 490 g/mol. The molecule has 0 aliphatic carbocycles. The number of methoxy groups -OCH3 is 1. The molecule has 1 atom stereocenters. The second kappa shape index (κ2) is 8.39. The second-order valence-corrected chi connectivity index (χ2v) is 9.81. The third-order valence-electron chi connectivity index (χ3n) is 5.47. The molecule has 1 unspecified atom stereocenters. The van der Waals surface area contributed by atoms with Gasteiger partial charge in [-0.1, -0.05) is 30.8 Å². The number of hydrogen-bond donors (Lipinski definition) is 1. The Labute approximate surface area is 195 Å². The Bertz CT molecular complexity index is 1400. The van der Waals surface area contributed by atoms with Gasteiger partial charge in [0.15, 0.2) is 6.10 Å². The van der Waals surface area contributed by atoms with Crippen molar-refractivity contribution in [3.05, 3.63) is 83.4 Å². The summed E-state index contributed by atoms with van der Waals surface area (Å²) in [6.07, 6.45) is -4.47. The van der Waals surface area contributed by atoms with Crippen LogP contribution in [0.25, 0.3) is 16.7 Å². The lowest BCUT2D eigenvalue weighted by Crippen LogP contribution is -2.20. The summed E-state index contributed by atoms with van der Waals surface area (Å²) in [5.74, 6) is 0.948. The van der Waals surface area contributed by atoms with E-state index in [0.29, 0.717) is 39.3 Å². The fourth-order valence-electron chi connectivity index (χ4n) is 4.20. The fraction of sp³-hybridized carbons (Fsp3) is 0.200. The molecule has 4 rings (SSSR count). The second-order valence-electron chi connectivity index (χ2n) is 8.06. The van der Waals surface area contributed by atoms with Crippen LogP contribution in [0, 0.1) is 0 Å². The van der Waals surface area contributed by atoms with Crippen LogP contribution in [-0.4, -0.2) is 21.8 Å². The van der Waals surface area contributed by atoms with E-state index in [-0.39, 0.29) is 11.3 Å². The molecule has 0 radical (unpaired) electrons. The van der Waals surface area contributed by atoms with Crippen molar-refractivity contribution in [1.82, 2.24) is 0 Å². The molecule has 3 aromatic rings. The van der Waals surface area contributed by atoms with Gasteiger partial charge in [0, 0.05) is 11.1 Å². The Morgan fingerprint density at radius 1 is 1.12 bits per heavy atom. The molecule has 0 amide bonds. The van der Waals surface area contributed by atoms with Crippen LogP contribution in [0.2, 0.25) is 0 Å². The molecule has 0 saturated heterocycles.